The number of aliphatic hydroxyl groups is 1. The average Bonchev–Trinajstić information content (AvgIpc) is 3.61. The Bertz CT molecular complexity index is 2690. The second-order valence-corrected chi connectivity index (χ2v) is 15.0. The van der Waals surface area contributed by atoms with Gasteiger partial charge in [-0.2, -0.15) is 4.98 Å². The van der Waals surface area contributed by atoms with Gasteiger partial charge < -0.3 is 25.6 Å². The largest absolute Gasteiger partial charge is 0.384 e. The number of rotatable bonds is 8. The molecule has 13 nitrogen and oxygen atoms in total. The predicted molar refractivity (Wildman–Crippen MR) is 214 cm³/mol. The topological polar surface area (TPSA) is 149 Å². The molecule has 4 N–H and O–H groups in total. The van der Waals surface area contributed by atoms with E-state index in [0.717, 1.165) is 66.3 Å². The van der Waals surface area contributed by atoms with Crippen LogP contribution in [-0.4, -0.2) is 77.9 Å². The summed E-state index contributed by atoms with van der Waals surface area (Å²) in [6.07, 6.45) is 2.20. The van der Waals surface area contributed by atoms with Crippen molar-refractivity contribution in [3.8, 4) is 17.1 Å². The number of H-pyrrole nitrogens is 1. The van der Waals surface area contributed by atoms with Crippen molar-refractivity contribution in [3.05, 3.63) is 124 Å². The molecule has 284 valence electrons. The zero-order valence-corrected chi connectivity index (χ0v) is 31.3. The van der Waals surface area contributed by atoms with Crippen molar-refractivity contribution in [1.82, 2.24) is 39.5 Å². The zero-order valence-electron chi connectivity index (χ0n) is 31.3. The van der Waals surface area contributed by atoms with E-state index >= 15 is 0 Å². The number of hydrogen-bond donors (Lipinski definition) is 4. The van der Waals surface area contributed by atoms with Crippen molar-refractivity contribution < 1.29 is 14.3 Å². The number of aromatic nitrogens is 6. The van der Waals surface area contributed by atoms with Crippen LogP contribution in [0.1, 0.15) is 41.0 Å². The molecule has 7 aromatic rings. The molecule has 0 spiro atoms. The number of aromatic amines is 1. The van der Waals surface area contributed by atoms with Gasteiger partial charge in [-0.15, -0.1) is 0 Å². The van der Waals surface area contributed by atoms with Crippen LogP contribution in [0.2, 0.25) is 0 Å². The van der Waals surface area contributed by atoms with E-state index in [1.165, 1.54) is 28.6 Å². The van der Waals surface area contributed by atoms with Gasteiger partial charge in [0.1, 0.15) is 16.8 Å². The summed E-state index contributed by atoms with van der Waals surface area (Å²) < 4.78 is 17.4. The number of carbonyl (C=O) groups is 1. The van der Waals surface area contributed by atoms with E-state index in [9.17, 15) is 19.1 Å². The van der Waals surface area contributed by atoms with Crippen LogP contribution >= 0.6 is 0 Å². The van der Waals surface area contributed by atoms with Crippen LogP contribution in [0.4, 0.5) is 21.7 Å². The molecule has 0 radical (unpaired) electrons. The van der Waals surface area contributed by atoms with Crippen LogP contribution in [0.25, 0.3) is 39.0 Å². The fraction of sp³-hybridized carbons (Fsp3) is 0.262. The van der Waals surface area contributed by atoms with Crippen LogP contribution < -0.4 is 21.1 Å². The van der Waals surface area contributed by atoms with Gasteiger partial charge in [0.15, 0.2) is 11.5 Å². The molecule has 2 aliphatic heterocycles. The molecule has 4 aromatic heterocycles. The number of fused-ring (bicyclic) bond motifs is 1. The Morgan fingerprint density at radius 3 is 2.46 bits per heavy atom. The number of nitrogens with one attached hydrogen (secondary N) is 3. The van der Waals surface area contributed by atoms with Crippen LogP contribution in [0.15, 0.2) is 89.9 Å². The monoisotopic (exact) mass is 752 g/mol. The van der Waals surface area contributed by atoms with Crippen molar-refractivity contribution in [2.24, 2.45) is 7.05 Å². The summed E-state index contributed by atoms with van der Waals surface area (Å²) in [5.74, 6) is 0.136. The van der Waals surface area contributed by atoms with Gasteiger partial charge in [-0.25, -0.2) is 23.7 Å². The van der Waals surface area contributed by atoms with Crippen molar-refractivity contribution in [1.29, 1.82) is 0 Å². The zero-order chi connectivity index (χ0) is 38.7. The van der Waals surface area contributed by atoms with Crippen molar-refractivity contribution in [3.63, 3.8) is 0 Å². The van der Waals surface area contributed by atoms with Gasteiger partial charge in [-0.3, -0.25) is 14.5 Å². The lowest BCUT2D eigenvalue weighted by atomic mass is 9.99. The first-order valence-corrected chi connectivity index (χ1v) is 18.7. The number of nitrogens with zero attached hydrogens (tertiary/aromatic N) is 7. The molecule has 0 saturated carbocycles. The average molecular weight is 753 g/mol. The molecular formula is C42H41FN10O3. The quantitative estimate of drug-likeness (QED) is 0.161. The molecule has 56 heavy (non-hydrogen) atoms. The summed E-state index contributed by atoms with van der Waals surface area (Å²) in [5.41, 5.74) is 6.66. The lowest BCUT2D eigenvalue weighted by Crippen LogP contribution is -2.45. The molecule has 0 bridgehead atoms. The minimum Gasteiger partial charge on any atom is -0.384 e. The van der Waals surface area contributed by atoms with Gasteiger partial charge in [0, 0.05) is 80.5 Å². The van der Waals surface area contributed by atoms with E-state index in [-0.39, 0.29) is 11.5 Å². The Labute approximate surface area is 321 Å². The molecule has 1 amide bonds. The first-order chi connectivity index (χ1) is 27.0. The lowest BCUT2D eigenvalue weighted by Gasteiger charge is -2.36. The van der Waals surface area contributed by atoms with Crippen LogP contribution in [-0.2, 0) is 25.6 Å². The third-order valence-electron chi connectivity index (χ3n) is 10.8. The maximum Gasteiger partial charge on any atom is 0.277 e. The van der Waals surface area contributed by atoms with Gasteiger partial charge in [0.05, 0.1) is 11.3 Å². The number of halogens is 1. The van der Waals surface area contributed by atoms with Crippen LogP contribution in [0.5, 0.6) is 0 Å². The van der Waals surface area contributed by atoms with Crippen molar-refractivity contribution in [2.45, 2.75) is 32.4 Å². The molecule has 2 aliphatic rings. The highest BCUT2D eigenvalue weighted by atomic mass is 19.1. The maximum atomic E-state index is 14.3. The Morgan fingerprint density at radius 2 is 1.71 bits per heavy atom. The van der Waals surface area contributed by atoms with Gasteiger partial charge in [0.25, 0.3) is 11.5 Å². The molecule has 1 fully saturated rings. The summed E-state index contributed by atoms with van der Waals surface area (Å²) in [6.45, 7) is 8.30. The molecule has 0 unspecified atom stereocenters. The summed E-state index contributed by atoms with van der Waals surface area (Å²) >= 11 is 0. The molecule has 0 atom stereocenters. The SMILES string of the molecule is Cn1c(=O)c2cnc(Nc3ccc(N4CCN(Cc5ccc(-c6[nH]c7cc(F)cc8c7c6CCNC8=O)cc5)CC4)cc3)nc2n1-c1cccc(C(C)(C)O)n1. The van der Waals surface area contributed by atoms with Crippen molar-refractivity contribution in [2.75, 3.05) is 42.9 Å². The third kappa shape index (κ3) is 6.46. The third-order valence-corrected chi connectivity index (χ3v) is 10.8. The summed E-state index contributed by atoms with van der Waals surface area (Å²) in [5, 5.41) is 17.8. The van der Waals surface area contributed by atoms with E-state index in [1.54, 1.807) is 43.8 Å². The Kier molecular flexibility index (Phi) is 8.66. The van der Waals surface area contributed by atoms with E-state index in [4.69, 9.17) is 4.98 Å². The number of pyridine rings is 1. The van der Waals surface area contributed by atoms with Gasteiger partial charge in [-0.05, 0) is 85.5 Å². The minimum atomic E-state index is -1.15. The van der Waals surface area contributed by atoms with Gasteiger partial charge in [0.2, 0.25) is 5.95 Å². The van der Waals surface area contributed by atoms with E-state index in [1.807, 2.05) is 12.1 Å². The number of anilines is 3. The highest BCUT2D eigenvalue weighted by Gasteiger charge is 2.25. The molecule has 14 heteroatoms. The molecular weight excluding hydrogens is 712 g/mol. The number of piperazine rings is 1. The van der Waals surface area contributed by atoms with Crippen LogP contribution in [0.3, 0.4) is 0 Å². The fourth-order valence-electron chi connectivity index (χ4n) is 7.82. The van der Waals surface area contributed by atoms with E-state index in [2.05, 4.69) is 71.8 Å². The minimum absolute atomic E-state index is 0.239. The lowest BCUT2D eigenvalue weighted by molar-refractivity contribution is 0.0737. The summed E-state index contributed by atoms with van der Waals surface area (Å²) in [6, 6.07) is 24.8. The summed E-state index contributed by atoms with van der Waals surface area (Å²) in [4.78, 5) is 47.6. The first kappa shape index (κ1) is 35.3. The highest BCUT2D eigenvalue weighted by Crippen LogP contribution is 2.35. The Hall–Kier alpha value is -6.38. The second kappa shape index (κ2) is 13.7. The van der Waals surface area contributed by atoms with Gasteiger partial charge in [-0.1, -0.05) is 30.3 Å². The number of benzene rings is 3. The number of hydrogen-bond acceptors (Lipinski definition) is 9. The molecule has 6 heterocycles. The normalized spacial score (nSPS) is 15.0. The second-order valence-electron chi connectivity index (χ2n) is 15.0. The predicted octanol–water partition coefficient (Wildman–Crippen LogP) is 5.38. The van der Waals surface area contributed by atoms with Crippen molar-refractivity contribution >= 4 is 45.2 Å². The molecule has 1 saturated heterocycles. The summed E-state index contributed by atoms with van der Waals surface area (Å²) in [7, 11) is 1.65. The van der Waals surface area contributed by atoms with E-state index < -0.39 is 11.4 Å². The van der Waals surface area contributed by atoms with Crippen LogP contribution in [0, 0.1) is 5.82 Å². The molecule has 9 rings (SSSR count). The number of amides is 1. The molecule has 3 aromatic carbocycles. The smallest absolute Gasteiger partial charge is 0.277 e. The van der Waals surface area contributed by atoms with E-state index in [0.29, 0.717) is 52.5 Å². The fourth-order valence-corrected chi connectivity index (χ4v) is 7.82. The maximum absolute atomic E-state index is 14.3. The standard InChI is InChI=1S/C42H41FN10O3/c1-42(2,56)34-5-4-6-35(48-34)53-38-32(40(55)50(53)3)23-45-41(49-38)46-28-11-13-29(14-12-28)52-19-17-51(18-20-52)24-25-7-9-26(10-8-25)37-30-15-16-44-39(54)31-21-27(43)22-33(47-37)36(30)31/h4-14,21-23,47,56H,15-20,24H2,1-3H3,(H,44,54)(H,45,46,49). The van der Waals surface area contributed by atoms with Gasteiger partial charge >= 0.3 is 0 Å². The Balaban J connectivity index is 0.842. The molecule has 0 aliphatic carbocycles. The number of carbonyl (C=O) groups excluding carboxylic acids is 1. The Morgan fingerprint density at radius 1 is 0.946 bits per heavy atom. The first-order valence-electron chi connectivity index (χ1n) is 18.7. The highest BCUT2D eigenvalue weighted by molar-refractivity contribution is 6.10.